The SMILES string of the molecule is Oc1cccc(-n2cnc(-c3ccccc3)c2)c1. The van der Waals surface area contributed by atoms with Crippen LogP contribution in [0.4, 0.5) is 0 Å². The minimum absolute atomic E-state index is 0.252. The molecule has 0 aliphatic heterocycles. The van der Waals surface area contributed by atoms with Crippen LogP contribution in [0.25, 0.3) is 16.9 Å². The van der Waals surface area contributed by atoms with Gasteiger partial charge in [-0.25, -0.2) is 4.98 Å². The van der Waals surface area contributed by atoms with Gasteiger partial charge < -0.3 is 9.67 Å². The summed E-state index contributed by atoms with van der Waals surface area (Å²) >= 11 is 0. The molecule has 0 amide bonds. The molecule has 0 radical (unpaired) electrons. The minimum Gasteiger partial charge on any atom is -0.508 e. The fraction of sp³-hybridized carbons (Fsp3) is 0. The third-order valence-corrected chi connectivity index (χ3v) is 2.78. The molecule has 3 rings (SSSR count). The van der Waals surface area contributed by atoms with Crippen LogP contribution in [0.3, 0.4) is 0 Å². The van der Waals surface area contributed by atoms with E-state index in [1.165, 1.54) is 0 Å². The summed E-state index contributed by atoms with van der Waals surface area (Å²) in [5, 5.41) is 9.46. The van der Waals surface area contributed by atoms with Gasteiger partial charge in [-0.15, -0.1) is 0 Å². The number of nitrogens with zero attached hydrogens (tertiary/aromatic N) is 2. The Labute approximate surface area is 105 Å². The number of imidazole rings is 1. The Kier molecular flexibility index (Phi) is 2.57. The van der Waals surface area contributed by atoms with E-state index in [0.29, 0.717) is 0 Å². The second kappa shape index (κ2) is 4.37. The highest BCUT2D eigenvalue weighted by molar-refractivity contribution is 5.58. The number of phenolic OH excluding ortho intramolecular Hbond substituents is 1. The highest BCUT2D eigenvalue weighted by Gasteiger charge is 2.03. The summed E-state index contributed by atoms with van der Waals surface area (Å²) in [6.07, 6.45) is 3.70. The predicted molar refractivity (Wildman–Crippen MR) is 70.7 cm³/mol. The predicted octanol–water partition coefficient (Wildman–Crippen LogP) is 3.24. The molecule has 0 spiro atoms. The maximum Gasteiger partial charge on any atom is 0.117 e. The number of aromatic nitrogens is 2. The molecule has 3 aromatic rings. The average molecular weight is 236 g/mol. The van der Waals surface area contributed by atoms with E-state index in [-0.39, 0.29) is 5.75 Å². The smallest absolute Gasteiger partial charge is 0.117 e. The van der Waals surface area contributed by atoms with Gasteiger partial charge in [0.05, 0.1) is 17.7 Å². The molecule has 1 aromatic heterocycles. The number of rotatable bonds is 2. The highest BCUT2D eigenvalue weighted by Crippen LogP contribution is 2.20. The van der Waals surface area contributed by atoms with Crippen LogP contribution >= 0.6 is 0 Å². The van der Waals surface area contributed by atoms with Crippen molar-refractivity contribution in [3.63, 3.8) is 0 Å². The first-order chi connectivity index (χ1) is 8.83. The van der Waals surface area contributed by atoms with Crippen molar-refractivity contribution in [3.8, 4) is 22.7 Å². The summed E-state index contributed by atoms with van der Waals surface area (Å²) in [7, 11) is 0. The normalized spacial score (nSPS) is 10.4. The van der Waals surface area contributed by atoms with Gasteiger partial charge in [0.1, 0.15) is 5.75 Å². The zero-order valence-electron chi connectivity index (χ0n) is 9.69. The Balaban J connectivity index is 2.00. The van der Waals surface area contributed by atoms with E-state index in [0.717, 1.165) is 16.9 Å². The van der Waals surface area contributed by atoms with Crippen molar-refractivity contribution in [2.45, 2.75) is 0 Å². The second-order valence-corrected chi connectivity index (χ2v) is 4.05. The van der Waals surface area contributed by atoms with Gasteiger partial charge in [-0.2, -0.15) is 0 Å². The Morgan fingerprint density at radius 1 is 0.944 bits per heavy atom. The van der Waals surface area contributed by atoms with Gasteiger partial charge in [-0.05, 0) is 12.1 Å². The molecule has 0 saturated carbocycles. The average Bonchev–Trinajstić information content (AvgIpc) is 2.89. The maximum atomic E-state index is 9.46. The molecule has 3 nitrogen and oxygen atoms in total. The molecule has 0 bridgehead atoms. The van der Waals surface area contributed by atoms with Gasteiger partial charge in [-0.3, -0.25) is 0 Å². The molecule has 0 fully saturated rings. The van der Waals surface area contributed by atoms with Crippen LogP contribution in [-0.4, -0.2) is 14.7 Å². The number of phenols is 1. The topological polar surface area (TPSA) is 38.0 Å². The first-order valence-corrected chi connectivity index (χ1v) is 5.72. The standard InChI is InChI=1S/C15H12N2O/c18-14-8-4-7-13(9-14)17-10-15(16-11-17)12-5-2-1-3-6-12/h1-11,18H. The van der Waals surface area contributed by atoms with Crippen molar-refractivity contribution in [2.24, 2.45) is 0 Å². The van der Waals surface area contributed by atoms with Crippen molar-refractivity contribution >= 4 is 0 Å². The quantitative estimate of drug-likeness (QED) is 0.741. The van der Waals surface area contributed by atoms with Crippen LogP contribution in [0.1, 0.15) is 0 Å². The molecule has 0 unspecified atom stereocenters. The number of benzene rings is 2. The van der Waals surface area contributed by atoms with Crippen LogP contribution in [0, 0.1) is 0 Å². The molecule has 0 saturated heterocycles. The fourth-order valence-corrected chi connectivity index (χ4v) is 1.88. The summed E-state index contributed by atoms with van der Waals surface area (Å²) in [6, 6.07) is 17.1. The third kappa shape index (κ3) is 1.98. The molecule has 2 aromatic carbocycles. The molecule has 1 N–H and O–H groups in total. The number of hydrogen-bond acceptors (Lipinski definition) is 2. The molecular weight excluding hydrogens is 224 g/mol. The second-order valence-electron chi connectivity index (χ2n) is 4.05. The van der Waals surface area contributed by atoms with Crippen LogP contribution in [0.5, 0.6) is 5.75 Å². The van der Waals surface area contributed by atoms with Crippen LogP contribution in [0.2, 0.25) is 0 Å². The molecule has 0 aliphatic carbocycles. The number of aromatic hydroxyl groups is 1. The van der Waals surface area contributed by atoms with E-state index in [4.69, 9.17) is 0 Å². The van der Waals surface area contributed by atoms with Gasteiger partial charge in [0.2, 0.25) is 0 Å². The van der Waals surface area contributed by atoms with Gasteiger partial charge >= 0.3 is 0 Å². The summed E-state index contributed by atoms with van der Waals surface area (Å²) in [4.78, 5) is 4.37. The van der Waals surface area contributed by atoms with Crippen molar-refractivity contribution in [1.29, 1.82) is 0 Å². The molecule has 0 aliphatic rings. The Bertz CT molecular complexity index is 659. The van der Waals surface area contributed by atoms with Crippen LogP contribution in [0.15, 0.2) is 67.1 Å². The van der Waals surface area contributed by atoms with Crippen LogP contribution in [-0.2, 0) is 0 Å². The number of hydrogen-bond donors (Lipinski definition) is 1. The lowest BCUT2D eigenvalue weighted by Gasteiger charge is -2.01. The highest BCUT2D eigenvalue weighted by atomic mass is 16.3. The van der Waals surface area contributed by atoms with E-state index in [2.05, 4.69) is 4.98 Å². The molecular formula is C15H12N2O. The molecule has 0 atom stereocenters. The lowest BCUT2D eigenvalue weighted by molar-refractivity contribution is 0.475. The third-order valence-electron chi connectivity index (χ3n) is 2.78. The molecule has 88 valence electrons. The fourth-order valence-electron chi connectivity index (χ4n) is 1.88. The summed E-state index contributed by atoms with van der Waals surface area (Å²) < 4.78 is 1.89. The van der Waals surface area contributed by atoms with Crippen molar-refractivity contribution < 1.29 is 5.11 Å². The summed E-state index contributed by atoms with van der Waals surface area (Å²) in [5.74, 6) is 0.252. The zero-order chi connectivity index (χ0) is 12.4. The minimum atomic E-state index is 0.252. The molecule has 18 heavy (non-hydrogen) atoms. The molecule has 1 heterocycles. The lowest BCUT2D eigenvalue weighted by atomic mass is 10.2. The van der Waals surface area contributed by atoms with Gasteiger partial charge in [-0.1, -0.05) is 36.4 Å². The van der Waals surface area contributed by atoms with E-state index < -0.39 is 0 Å². The van der Waals surface area contributed by atoms with Gasteiger partial charge in [0.15, 0.2) is 0 Å². The van der Waals surface area contributed by atoms with Crippen molar-refractivity contribution in [1.82, 2.24) is 9.55 Å². The summed E-state index contributed by atoms with van der Waals surface area (Å²) in [6.45, 7) is 0. The van der Waals surface area contributed by atoms with Gasteiger partial charge in [0.25, 0.3) is 0 Å². The Morgan fingerprint density at radius 3 is 2.56 bits per heavy atom. The van der Waals surface area contributed by atoms with E-state index in [9.17, 15) is 5.11 Å². The monoisotopic (exact) mass is 236 g/mol. The van der Waals surface area contributed by atoms with Crippen molar-refractivity contribution in [2.75, 3.05) is 0 Å². The van der Waals surface area contributed by atoms with E-state index >= 15 is 0 Å². The summed E-state index contributed by atoms with van der Waals surface area (Å²) in [5.41, 5.74) is 2.89. The van der Waals surface area contributed by atoms with Gasteiger partial charge in [0, 0.05) is 17.8 Å². The van der Waals surface area contributed by atoms with Crippen molar-refractivity contribution in [3.05, 3.63) is 67.1 Å². The first kappa shape index (κ1) is 10.6. The van der Waals surface area contributed by atoms with E-state index in [1.54, 1.807) is 18.5 Å². The molecule has 3 heteroatoms. The first-order valence-electron chi connectivity index (χ1n) is 5.72. The zero-order valence-corrected chi connectivity index (χ0v) is 9.69. The Hall–Kier alpha value is -2.55. The maximum absolute atomic E-state index is 9.46. The van der Waals surface area contributed by atoms with Crippen LogP contribution < -0.4 is 0 Å². The largest absolute Gasteiger partial charge is 0.508 e. The lowest BCUT2D eigenvalue weighted by Crippen LogP contribution is -1.88. The van der Waals surface area contributed by atoms with E-state index in [1.807, 2.05) is 53.2 Å². The Morgan fingerprint density at radius 2 is 1.78 bits per heavy atom.